The van der Waals surface area contributed by atoms with Crippen molar-refractivity contribution in [2.75, 3.05) is 4.72 Å². The van der Waals surface area contributed by atoms with Gasteiger partial charge in [-0.3, -0.25) is 4.72 Å². The van der Waals surface area contributed by atoms with Crippen molar-refractivity contribution in [1.29, 1.82) is 0 Å². The van der Waals surface area contributed by atoms with Crippen molar-refractivity contribution in [1.82, 2.24) is 0 Å². The van der Waals surface area contributed by atoms with Crippen molar-refractivity contribution >= 4 is 38.3 Å². The van der Waals surface area contributed by atoms with Crippen LogP contribution in [0.2, 0.25) is 0 Å². The highest BCUT2D eigenvalue weighted by Crippen LogP contribution is 2.21. The third-order valence-electron chi connectivity index (χ3n) is 2.73. The molecule has 1 N–H and O–H groups in total. The van der Waals surface area contributed by atoms with Crippen molar-refractivity contribution in [3.63, 3.8) is 0 Å². The van der Waals surface area contributed by atoms with Gasteiger partial charge in [-0.05, 0) is 77.9 Å². The highest BCUT2D eigenvalue weighted by atomic mass is 127. The molecule has 0 fully saturated rings. The number of hydrogen-bond acceptors (Lipinski definition) is 2. The largest absolute Gasteiger partial charge is 0.280 e. The minimum absolute atomic E-state index is 0.325. The van der Waals surface area contributed by atoms with Gasteiger partial charge in [0.15, 0.2) is 0 Å². The van der Waals surface area contributed by atoms with E-state index in [1.807, 2.05) is 31.2 Å². The molecule has 0 unspecified atom stereocenters. The molecule has 2 rings (SSSR count). The van der Waals surface area contributed by atoms with Crippen molar-refractivity contribution in [3.05, 3.63) is 57.2 Å². The fraction of sp³-hybridized carbons (Fsp3) is 0.143. The lowest BCUT2D eigenvalue weighted by Gasteiger charge is -2.11. The monoisotopic (exact) mass is 387 g/mol. The second kappa shape index (κ2) is 5.50. The molecule has 0 saturated carbocycles. The van der Waals surface area contributed by atoms with E-state index in [2.05, 4.69) is 27.3 Å². The maximum Gasteiger partial charge on any atom is 0.262 e. The van der Waals surface area contributed by atoms with Crippen LogP contribution in [0.1, 0.15) is 11.1 Å². The van der Waals surface area contributed by atoms with E-state index in [1.165, 1.54) is 0 Å². The van der Waals surface area contributed by atoms with E-state index < -0.39 is 10.0 Å². The Labute approximate surface area is 127 Å². The predicted molar refractivity (Wildman–Crippen MR) is 85.9 cm³/mol. The zero-order chi connectivity index (χ0) is 14.0. The molecule has 0 aliphatic rings. The molecule has 0 radical (unpaired) electrons. The quantitative estimate of drug-likeness (QED) is 0.817. The zero-order valence-electron chi connectivity index (χ0n) is 10.6. The maximum atomic E-state index is 12.3. The summed E-state index contributed by atoms with van der Waals surface area (Å²) >= 11 is 2.18. The van der Waals surface area contributed by atoms with Gasteiger partial charge in [-0.2, -0.15) is 0 Å². The van der Waals surface area contributed by atoms with Crippen molar-refractivity contribution < 1.29 is 8.42 Å². The van der Waals surface area contributed by atoms with Crippen LogP contribution in [0, 0.1) is 17.4 Å². The molecule has 0 saturated heterocycles. The molecule has 3 nitrogen and oxygen atoms in total. The van der Waals surface area contributed by atoms with Crippen LogP contribution in [0.4, 0.5) is 5.69 Å². The van der Waals surface area contributed by atoms with Gasteiger partial charge in [0.05, 0.1) is 4.90 Å². The van der Waals surface area contributed by atoms with Gasteiger partial charge in [-0.25, -0.2) is 8.42 Å². The average Bonchev–Trinajstić information content (AvgIpc) is 2.35. The van der Waals surface area contributed by atoms with E-state index in [1.54, 1.807) is 25.1 Å². The van der Waals surface area contributed by atoms with Gasteiger partial charge in [0, 0.05) is 9.26 Å². The Kier molecular flexibility index (Phi) is 4.15. The Bertz CT molecular complexity index is 694. The Hall–Kier alpha value is -1.08. The second-order valence-electron chi connectivity index (χ2n) is 4.38. The van der Waals surface area contributed by atoms with Crippen molar-refractivity contribution in [2.24, 2.45) is 0 Å². The van der Waals surface area contributed by atoms with Crippen LogP contribution >= 0.6 is 22.6 Å². The Morgan fingerprint density at radius 2 is 1.63 bits per heavy atom. The van der Waals surface area contributed by atoms with Crippen LogP contribution in [0.25, 0.3) is 0 Å². The van der Waals surface area contributed by atoms with Gasteiger partial charge in [-0.15, -0.1) is 0 Å². The molecule has 0 heterocycles. The van der Waals surface area contributed by atoms with Crippen LogP contribution in [0.3, 0.4) is 0 Å². The van der Waals surface area contributed by atoms with Crippen molar-refractivity contribution in [3.8, 4) is 0 Å². The van der Waals surface area contributed by atoms with Crippen LogP contribution in [-0.4, -0.2) is 8.42 Å². The molecule has 2 aromatic rings. The minimum Gasteiger partial charge on any atom is -0.280 e. The number of rotatable bonds is 3. The second-order valence-corrected chi connectivity index (χ2v) is 7.28. The Morgan fingerprint density at radius 1 is 1.00 bits per heavy atom. The molecule has 0 spiro atoms. The SMILES string of the molecule is Cc1ccc(C)c(S(=O)(=O)Nc2ccc(I)cc2)c1. The molecule has 2 aromatic carbocycles. The number of nitrogens with one attached hydrogen (secondary N) is 1. The van der Waals surface area contributed by atoms with E-state index in [4.69, 9.17) is 0 Å². The van der Waals surface area contributed by atoms with E-state index in [-0.39, 0.29) is 0 Å². The summed E-state index contributed by atoms with van der Waals surface area (Å²) in [5.74, 6) is 0. The number of benzene rings is 2. The van der Waals surface area contributed by atoms with Gasteiger partial charge < -0.3 is 0 Å². The minimum atomic E-state index is -3.53. The van der Waals surface area contributed by atoms with Crippen molar-refractivity contribution in [2.45, 2.75) is 18.7 Å². The summed E-state index contributed by atoms with van der Waals surface area (Å²) in [5.41, 5.74) is 2.23. The van der Waals surface area contributed by atoms with Gasteiger partial charge in [0.25, 0.3) is 10.0 Å². The van der Waals surface area contributed by atoms with Gasteiger partial charge >= 0.3 is 0 Å². The van der Waals surface area contributed by atoms with Gasteiger partial charge in [0.2, 0.25) is 0 Å². The zero-order valence-corrected chi connectivity index (χ0v) is 13.6. The summed E-state index contributed by atoms with van der Waals surface area (Å²) in [7, 11) is -3.53. The Balaban J connectivity index is 2.37. The summed E-state index contributed by atoms with van der Waals surface area (Å²) in [6, 6.07) is 12.6. The van der Waals surface area contributed by atoms with E-state index in [9.17, 15) is 8.42 Å². The Morgan fingerprint density at radius 3 is 2.26 bits per heavy atom. The lowest BCUT2D eigenvalue weighted by Crippen LogP contribution is -2.14. The molecule has 19 heavy (non-hydrogen) atoms. The summed E-state index contributed by atoms with van der Waals surface area (Å²) in [4.78, 5) is 0.325. The molecule has 100 valence electrons. The molecule has 0 aliphatic carbocycles. The average molecular weight is 387 g/mol. The van der Waals surface area contributed by atoms with E-state index in [0.29, 0.717) is 10.6 Å². The standard InChI is InChI=1S/C14H14INO2S/c1-10-3-4-11(2)14(9-10)19(17,18)16-13-7-5-12(15)6-8-13/h3-9,16H,1-2H3. The summed E-state index contributed by atoms with van der Waals surface area (Å²) in [5, 5.41) is 0. The number of aryl methyl sites for hydroxylation is 2. The van der Waals surface area contributed by atoms with Crippen LogP contribution in [0.5, 0.6) is 0 Å². The van der Waals surface area contributed by atoms with Gasteiger partial charge in [-0.1, -0.05) is 12.1 Å². The normalized spacial score (nSPS) is 11.3. The summed E-state index contributed by atoms with van der Waals surface area (Å²) in [6.45, 7) is 3.67. The van der Waals surface area contributed by atoms with Crippen LogP contribution in [-0.2, 0) is 10.0 Å². The van der Waals surface area contributed by atoms with Crippen LogP contribution in [0.15, 0.2) is 47.4 Å². The topological polar surface area (TPSA) is 46.2 Å². The fourth-order valence-corrected chi connectivity index (χ4v) is 3.47. The third-order valence-corrected chi connectivity index (χ3v) is 4.97. The van der Waals surface area contributed by atoms with E-state index in [0.717, 1.165) is 14.7 Å². The van der Waals surface area contributed by atoms with Gasteiger partial charge in [0.1, 0.15) is 0 Å². The number of sulfonamides is 1. The highest BCUT2D eigenvalue weighted by Gasteiger charge is 2.16. The number of halogens is 1. The lowest BCUT2D eigenvalue weighted by atomic mass is 10.2. The van der Waals surface area contributed by atoms with Crippen LogP contribution < -0.4 is 4.72 Å². The summed E-state index contributed by atoms with van der Waals surface area (Å²) < 4.78 is 28.4. The maximum absolute atomic E-state index is 12.3. The highest BCUT2D eigenvalue weighted by molar-refractivity contribution is 14.1. The third kappa shape index (κ3) is 3.48. The molecule has 0 bridgehead atoms. The predicted octanol–water partition coefficient (Wildman–Crippen LogP) is 3.71. The molecule has 0 aliphatic heterocycles. The molecule has 0 atom stereocenters. The first-order valence-corrected chi connectivity index (χ1v) is 8.30. The fourth-order valence-electron chi connectivity index (χ4n) is 1.72. The molecule has 0 amide bonds. The lowest BCUT2D eigenvalue weighted by molar-refractivity contribution is 0.600. The molecular weight excluding hydrogens is 373 g/mol. The molecule has 0 aromatic heterocycles. The summed E-state index contributed by atoms with van der Waals surface area (Å²) in [6.07, 6.45) is 0. The first-order valence-electron chi connectivity index (χ1n) is 5.74. The first kappa shape index (κ1) is 14.3. The molecule has 5 heteroatoms. The first-order chi connectivity index (χ1) is 8.88. The molecular formula is C14H14INO2S. The smallest absolute Gasteiger partial charge is 0.262 e. The number of hydrogen-bond donors (Lipinski definition) is 1. The van der Waals surface area contributed by atoms with E-state index >= 15 is 0 Å². The number of anilines is 1.